The number of benzene rings is 2. The van der Waals surface area contributed by atoms with Gasteiger partial charge in [-0.3, -0.25) is 9.59 Å². The fourth-order valence-corrected chi connectivity index (χ4v) is 2.81. The van der Waals surface area contributed by atoms with Gasteiger partial charge in [0.2, 0.25) is 11.8 Å². The molecule has 0 radical (unpaired) electrons. The summed E-state index contributed by atoms with van der Waals surface area (Å²) in [7, 11) is 1.59. The molecule has 6 heteroatoms. The summed E-state index contributed by atoms with van der Waals surface area (Å²) in [6.45, 7) is 1.76. The number of amides is 2. The summed E-state index contributed by atoms with van der Waals surface area (Å²) in [5.74, 6) is 0.305. The van der Waals surface area contributed by atoms with Crippen molar-refractivity contribution >= 4 is 23.4 Å². The van der Waals surface area contributed by atoms with Crippen LogP contribution >= 0.6 is 11.6 Å². The first kappa shape index (κ1) is 18.8. The summed E-state index contributed by atoms with van der Waals surface area (Å²) in [6, 6.07) is 14.2. The van der Waals surface area contributed by atoms with Crippen molar-refractivity contribution in [3.05, 3.63) is 64.7 Å². The summed E-state index contributed by atoms with van der Waals surface area (Å²) in [5.41, 5.74) is 1.60. The lowest BCUT2D eigenvalue weighted by atomic mass is 10.0. The molecule has 0 fully saturated rings. The Morgan fingerprint density at radius 1 is 1.12 bits per heavy atom. The van der Waals surface area contributed by atoms with Gasteiger partial charge in [-0.05, 0) is 17.7 Å². The molecule has 0 saturated heterocycles. The zero-order chi connectivity index (χ0) is 18.2. The number of halogens is 1. The molecule has 0 aliphatic rings. The number of hydrogen-bond acceptors (Lipinski definition) is 3. The molecule has 0 bridgehead atoms. The second-order valence-electron chi connectivity index (χ2n) is 5.57. The van der Waals surface area contributed by atoms with E-state index in [0.717, 1.165) is 5.56 Å². The molecule has 0 spiro atoms. The zero-order valence-electron chi connectivity index (χ0n) is 14.2. The third-order valence-corrected chi connectivity index (χ3v) is 4.06. The zero-order valence-corrected chi connectivity index (χ0v) is 15.0. The van der Waals surface area contributed by atoms with E-state index < -0.39 is 6.04 Å². The minimum Gasteiger partial charge on any atom is -0.496 e. The summed E-state index contributed by atoms with van der Waals surface area (Å²) < 4.78 is 5.27. The highest BCUT2D eigenvalue weighted by Gasteiger charge is 2.19. The van der Waals surface area contributed by atoms with E-state index in [4.69, 9.17) is 16.3 Å². The topological polar surface area (TPSA) is 67.4 Å². The number of methoxy groups -OCH3 is 1. The molecule has 132 valence electrons. The van der Waals surface area contributed by atoms with Crippen molar-refractivity contribution in [3.63, 3.8) is 0 Å². The molecule has 0 unspecified atom stereocenters. The van der Waals surface area contributed by atoms with Crippen LogP contribution in [0.15, 0.2) is 48.5 Å². The van der Waals surface area contributed by atoms with Crippen molar-refractivity contribution in [2.24, 2.45) is 0 Å². The van der Waals surface area contributed by atoms with Crippen molar-refractivity contribution in [2.45, 2.75) is 25.9 Å². The highest BCUT2D eigenvalue weighted by atomic mass is 35.5. The van der Waals surface area contributed by atoms with Crippen molar-refractivity contribution in [1.29, 1.82) is 0 Å². The molecule has 2 rings (SSSR count). The second kappa shape index (κ2) is 9.08. The first-order valence-electron chi connectivity index (χ1n) is 7.91. The molecule has 0 aromatic heterocycles. The van der Waals surface area contributed by atoms with Crippen LogP contribution in [0.3, 0.4) is 0 Å². The third-order valence-electron chi connectivity index (χ3n) is 3.72. The van der Waals surface area contributed by atoms with Crippen LogP contribution in [-0.2, 0) is 16.1 Å². The van der Waals surface area contributed by atoms with Gasteiger partial charge >= 0.3 is 0 Å². The van der Waals surface area contributed by atoms with Crippen LogP contribution in [0.4, 0.5) is 0 Å². The standard InChI is InChI=1S/C19H21ClN2O3/c1-13(23)22-17(15-8-4-5-9-16(15)20)11-19(24)21-12-14-7-3-6-10-18(14)25-2/h3-10,17H,11-12H2,1-2H3,(H,21,24)(H,22,23)/t17-/m0/s1. The number of ether oxygens (including phenoxy) is 1. The molecule has 2 aromatic rings. The second-order valence-corrected chi connectivity index (χ2v) is 5.97. The highest BCUT2D eigenvalue weighted by molar-refractivity contribution is 6.31. The van der Waals surface area contributed by atoms with Gasteiger partial charge in [0.15, 0.2) is 0 Å². The van der Waals surface area contributed by atoms with E-state index in [2.05, 4.69) is 10.6 Å². The molecule has 2 aromatic carbocycles. The fourth-order valence-electron chi connectivity index (χ4n) is 2.54. The number of hydrogen-bond donors (Lipinski definition) is 2. The first-order valence-corrected chi connectivity index (χ1v) is 8.29. The van der Waals surface area contributed by atoms with E-state index in [1.165, 1.54) is 6.92 Å². The van der Waals surface area contributed by atoms with Crippen molar-refractivity contribution in [3.8, 4) is 5.75 Å². The Kier molecular flexibility index (Phi) is 6.83. The van der Waals surface area contributed by atoms with E-state index in [1.54, 1.807) is 25.3 Å². The molecule has 2 amide bonds. The molecule has 5 nitrogen and oxygen atoms in total. The average molecular weight is 361 g/mol. The molecule has 25 heavy (non-hydrogen) atoms. The lowest BCUT2D eigenvalue weighted by molar-refractivity contribution is -0.122. The van der Waals surface area contributed by atoms with Gasteiger partial charge in [-0.1, -0.05) is 48.0 Å². The van der Waals surface area contributed by atoms with Crippen molar-refractivity contribution < 1.29 is 14.3 Å². The van der Waals surface area contributed by atoms with Crippen LogP contribution in [0, 0.1) is 0 Å². The van der Waals surface area contributed by atoms with E-state index in [0.29, 0.717) is 22.9 Å². The Bertz CT molecular complexity index is 749. The van der Waals surface area contributed by atoms with Gasteiger partial charge in [0, 0.05) is 24.1 Å². The molecular formula is C19H21ClN2O3. The van der Waals surface area contributed by atoms with E-state index in [1.807, 2.05) is 30.3 Å². The fraction of sp³-hybridized carbons (Fsp3) is 0.263. The van der Waals surface area contributed by atoms with Gasteiger partial charge in [-0.25, -0.2) is 0 Å². The molecule has 1 atom stereocenters. The lowest BCUT2D eigenvalue weighted by Gasteiger charge is -2.19. The Balaban J connectivity index is 2.04. The monoisotopic (exact) mass is 360 g/mol. The van der Waals surface area contributed by atoms with Gasteiger partial charge in [-0.2, -0.15) is 0 Å². The van der Waals surface area contributed by atoms with E-state index in [-0.39, 0.29) is 18.2 Å². The highest BCUT2D eigenvalue weighted by Crippen LogP contribution is 2.25. The number of nitrogens with one attached hydrogen (secondary N) is 2. The minimum absolute atomic E-state index is 0.0957. The van der Waals surface area contributed by atoms with Gasteiger partial charge in [0.1, 0.15) is 5.75 Å². The lowest BCUT2D eigenvalue weighted by Crippen LogP contribution is -2.32. The predicted octanol–water partition coefficient (Wildman–Crippen LogP) is 3.23. The van der Waals surface area contributed by atoms with Crippen molar-refractivity contribution in [1.82, 2.24) is 10.6 Å². The molecular weight excluding hydrogens is 340 g/mol. The van der Waals surface area contributed by atoms with Gasteiger partial charge in [0.25, 0.3) is 0 Å². The minimum atomic E-state index is -0.483. The van der Waals surface area contributed by atoms with Gasteiger partial charge in [0.05, 0.1) is 19.6 Å². The van der Waals surface area contributed by atoms with Crippen LogP contribution in [0.25, 0.3) is 0 Å². The molecule has 0 heterocycles. The number of rotatable bonds is 7. The Morgan fingerprint density at radius 2 is 1.80 bits per heavy atom. The first-order chi connectivity index (χ1) is 12.0. The van der Waals surface area contributed by atoms with Crippen LogP contribution in [0.5, 0.6) is 5.75 Å². The van der Waals surface area contributed by atoms with E-state index >= 15 is 0 Å². The predicted molar refractivity (Wildman–Crippen MR) is 97.5 cm³/mol. The largest absolute Gasteiger partial charge is 0.496 e. The molecule has 2 N–H and O–H groups in total. The molecule has 0 aliphatic heterocycles. The van der Waals surface area contributed by atoms with Crippen LogP contribution < -0.4 is 15.4 Å². The SMILES string of the molecule is COc1ccccc1CNC(=O)C[C@H](NC(C)=O)c1ccccc1Cl. The van der Waals surface area contributed by atoms with E-state index in [9.17, 15) is 9.59 Å². The summed E-state index contributed by atoms with van der Waals surface area (Å²) in [5, 5.41) is 6.15. The number of para-hydroxylation sites is 1. The average Bonchev–Trinajstić information content (AvgIpc) is 2.59. The number of carbonyl (C=O) groups is 2. The maximum Gasteiger partial charge on any atom is 0.222 e. The Hall–Kier alpha value is -2.53. The van der Waals surface area contributed by atoms with Crippen molar-refractivity contribution in [2.75, 3.05) is 7.11 Å². The maximum atomic E-state index is 12.3. The maximum absolute atomic E-state index is 12.3. The number of carbonyl (C=O) groups excluding carboxylic acids is 2. The van der Waals surface area contributed by atoms with Crippen LogP contribution in [-0.4, -0.2) is 18.9 Å². The third kappa shape index (κ3) is 5.50. The summed E-state index contributed by atoms with van der Waals surface area (Å²) in [6.07, 6.45) is 0.0957. The Labute approximate surface area is 152 Å². The molecule has 0 aliphatic carbocycles. The smallest absolute Gasteiger partial charge is 0.222 e. The van der Waals surface area contributed by atoms with Crippen LogP contribution in [0.2, 0.25) is 5.02 Å². The summed E-state index contributed by atoms with van der Waals surface area (Å²) >= 11 is 6.20. The van der Waals surface area contributed by atoms with Gasteiger partial charge in [-0.15, -0.1) is 0 Å². The molecule has 0 saturated carbocycles. The quantitative estimate of drug-likeness (QED) is 0.796. The Morgan fingerprint density at radius 3 is 2.48 bits per heavy atom. The summed E-state index contributed by atoms with van der Waals surface area (Å²) in [4.78, 5) is 23.8. The van der Waals surface area contributed by atoms with Gasteiger partial charge < -0.3 is 15.4 Å². The normalized spacial score (nSPS) is 11.5. The van der Waals surface area contributed by atoms with Crippen LogP contribution in [0.1, 0.15) is 30.5 Å².